The van der Waals surface area contributed by atoms with E-state index in [1.165, 1.54) is 96.9 Å². The molecule has 190 valence electrons. The largest absolute Gasteiger partial charge is 0.465 e. The van der Waals surface area contributed by atoms with Gasteiger partial charge in [0.05, 0.1) is 18.4 Å². The van der Waals surface area contributed by atoms with Crippen molar-refractivity contribution in [2.45, 2.75) is 116 Å². The third-order valence-electron chi connectivity index (χ3n) is 7.58. The molecule has 0 heterocycles. The fourth-order valence-corrected chi connectivity index (χ4v) is 5.62. The third kappa shape index (κ3) is 9.80. The predicted octanol–water partition coefficient (Wildman–Crippen LogP) is 7.08. The van der Waals surface area contributed by atoms with E-state index in [4.69, 9.17) is 4.74 Å². The van der Waals surface area contributed by atoms with E-state index >= 15 is 0 Å². The molecule has 2 aliphatic carbocycles. The maximum Gasteiger partial charge on any atom is 0.310 e. The van der Waals surface area contributed by atoms with Gasteiger partial charge in [-0.1, -0.05) is 115 Å². The number of amides is 1. The van der Waals surface area contributed by atoms with Crippen LogP contribution in [0.4, 0.5) is 0 Å². The molecule has 0 aliphatic heterocycles. The van der Waals surface area contributed by atoms with Crippen LogP contribution in [0, 0.1) is 23.7 Å². The van der Waals surface area contributed by atoms with Crippen LogP contribution >= 0.6 is 0 Å². The topological polar surface area (TPSA) is 66.8 Å². The highest BCUT2D eigenvalue weighted by atomic mass is 16.5. The van der Waals surface area contributed by atoms with Crippen molar-refractivity contribution in [1.29, 1.82) is 0 Å². The lowest BCUT2D eigenvalue weighted by atomic mass is 9.82. The van der Waals surface area contributed by atoms with Crippen LogP contribution in [0.25, 0.3) is 0 Å². The van der Waals surface area contributed by atoms with Crippen LogP contribution in [0.5, 0.6) is 0 Å². The number of allylic oxidation sites excluding steroid dienone is 2. The van der Waals surface area contributed by atoms with Crippen molar-refractivity contribution < 1.29 is 19.5 Å². The first-order valence-corrected chi connectivity index (χ1v) is 13.9. The molecular weight excluding hydrogens is 414 g/mol. The van der Waals surface area contributed by atoms with E-state index in [2.05, 4.69) is 6.92 Å². The summed E-state index contributed by atoms with van der Waals surface area (Å²) in [7, 11) is 1.33. The first kappa shape index (κ1) is 27.9. The van der Waals surface area contributed by atoms with Crippen LogP contribution in [0.3, 0.4) is 0 Å². The molecule has 1 N–H and O–H groups in total. The van der Waals surface area contributed by atoms with E-state index in [0.29, 0.717) is 11.7 Å². The molecule has 4 unspecified atom stereocenters. The summed E-state index contributed by atoms with van der Waals surface area (Å²) in [6.45, 7) is 2.71. The van der Waals surface area contributed by atoms with Crippen molar-refractivity contribution in [2.24, 2.45) is 23.7 Å². The minimum atomic E-state index is -0.478. The summed E-state index contributed by atoms with van der Waals surface area (Å²) in [6, 6.07) is 0. The number of carbonyl (C=O) groups is 2. The number of fused-ring (bicyclic) bond motifs is 2. The SMILES string of the molecule is CCCCCCCCCCCCCCCCCCOC(=O)C1C2C=CC(C2)C1C(=O)N(C)O. The highest BCUT2D eigenvalue weighted by molar-refractivity contribution is 5.86. The van der Waals surface area contributed by atoms with Crippen LogP contribution in [-0.4, -0.2) is 35.8 Å². The van der Waals surface area contributed by atoms with Gasteiger partial charge in [0.1, 0.15) is 0 Å². The number of nitrogens with zero attached hydrogens (tertiary/aromatic N) is 1. The highest BCUT2D eigenvalue weighted by Crippen LogP contribution is 2.49. The zero-order chi connectivity index (χ0) is 23.9. The van der Waals surface area contributed by atoms with E-state index in [0.717, 1.165) is 19.3 Å². The zero-order valence-corrected chi connectivity index (χ0v) is 21.3. The smallest absolute Gasteiger partial charge is 0.310 e. The number of rotatable bonds is 19. The van der Waals surface area contributed by atoms with Crippen molar-refractivity contribution >= 4 is 11.9 Å². The molecule has 2 bridgehead atoms. The fraction of sp³-hybridized carbons (Fsp3) is 0.857. The van der Waals surface area contributed by atoms with Gasteiger partial charge in [-0.2, -0.15) is 0 Å². The standard InChI is InChI=1S/C28H49NO4/c1-3-4-5-6-7-8-9-10-11-12-13-14-15-16-17-18-21-33-28(31)26-24-20-19-23(22-24)25(26)27(30)29(2)32/h19-20,23-26,32H,3-18,21-22H2,1-2H3. The Balaban J connectivity index is 1.41. The molecule has 5 heteroatoms. The van der Waals surface area contributed by atoms with E-state index in [9.17, 15) is 14.8 Å². The van der Waals surface area contributed by atoms with Gasteiger partial charge in [0.25, 0.3) is 0 Å². The van der Waals surface area contributed by atoms with Gasteiger partial charge in [0.15, 0.2) is 0 Å². The highest BCUT2D eigenvalue weighted by Gasteiger charge is 2.52. The third-order valence-corrected chi connectivity index (χ3v) is 7.58. The van der Waals surface area contributed by atoms with Gasteiger partial charge in [-0.15, -0.1) is 0 Å². The van der Waals surface area contributed by atoms with Crippen molar-refractivity contribution in [3.8, 4) is 0 Å². The second-order valence-electron chi connectivity index (χ2n) is 10.3. The molecule has 33 heavy (non-hydrogen) atoms. The zero-order valence-electron chi connectivity index (χ0n) is 21.3. The van der Waals surface area contributed by atoms with Crippen LogP contribution < -0.4 is 0 Å². The summed E-state index contributed by atoms with van der Waals surface area (Å²) in [4.78, 5) is 24.9. The van der Waals surface area contributed by atoms with Gasteiger partial charge >= 0.3 is 5.97 Å². The quantitative estimate of drug-likeness (QED) is 0.0731. The molecule has 5 nitrogen and oxygen atoms in total. The molecule has 0 aromatic carbocycles. The molecule has 0 saturated heterocycles. The fourth-order valence-electron chi connectivity index (χ4n) is 5.62. The first-order valence-electron chi connectivity index (χ1n) is 13.9. The average Bonchev–Trinajstić information content (AvgIpc) is 3.42. The molecule has 0 aromatic rings. The Morgan fingerprint density at radius 2 is 1.18 bits per heavy atom. The number of unbranched alkanes of at least 4 members (excludes halogenated alkanes) is 15. The molecule has 1 fully saturated rings. The number of carbonyl (C=O) groups excluding carboxylic acids is 2. The molecule has 0 aromatic heterocycles. The monoisotopic (exact) mass is 463 g/mol. The van der Waals surface area contributed by atoms with Crippen molar-refractivity contribution in [1.82, 2.24) is 5.06 Å². The van der Waals surface area contributed by atoms with Gasteiger partial charge in [-0.25, -0.2) is 5.06 Å². The minimum Gasteiger partial charge on any atom is -0.465 e. The molecule has 2 rings (SSSR count). The maximum atomic E-state index is 12.6. The molecule has 0 spiro atoms. The lowest BCUT2D eigenvalue weighted by Gasteiger charge is -2.26. The van der Waals surface area contributed by atoms with Gasteiger partial charge in [-0.05, 0) is 24.7 Å². The Labute approximate surface area is 202 Å². The first-order chi connectivity index (χ1) is 16.1. The second kappa shape index (κ2) is 16.3. The summed E-state index contributed by atoms with van der Waals surface area (Å²) in [5, 5.41) is 10.2. The molecule has 4 atom stereocenters. The molecule has 1 amide bonds. The van der Waals surface area contributed by atoms with Gasteiger partial charge in [0, 0.05) is 7.05 Å². The number of hydrogen-bond donors (Lipinski definition) is 1. The summed E-state index contributed by atoms with van der Waals surface area (Å²) in [5.41, 5.74) is 0. The van der Waals surface area contributed by atoms with Gasteiger partial charge < -0.3 is 4.74 Å². The molecule has 0 radical (unpaired) electrons. The Morgan fingerprint density at radius 3 is 1.64 bits per heavy atom. The number of esters is 1. The van der Waals surface area contributed by atoms with E-state index in [1.807, 2.05) is 12.2 Å². The summed E-state index contributed by atoms with van der Waals surface area (Å²) < 4.78 is 5.53. The van der Waals surface area contributed by atoms with E-state index < -0.39 is 11.8 Å². The predicted molar refractivity (Wildman–Crippen MR) is 133 cm³/mol. The van der Waals surface area contributed by atoms with Crippen molar-refractivity contribution in [3.05, 3.63) is 12.2 Å². The Bertz CT molecular complexity index is 588. The summed E-state index contributed by atoms with van der Waals surface area (Å²) in [5.74, 6) is -1.45. The molecular formula is C28H49NO4. The van der Waals surface area contributed by atoms with Crippen molar-refractivity contribution in [2.75, 3.05) is 13.7 Å². The lowest BCUT2D eigenvalue weighted by Crippen LogP contribution is -2.40. The molecule has 1 saturated carbocycles. The number of hydroxylamine groups is 2. The average molecular weight is 464 g/mol. The van der Waals surface area contributed by atoms with Crippen LogP contribution in [0.15, 0.2) is 12.2 Å². The Hall–Kier alpha value is -1.36. The Morgan fingerprint density at radius 1 is 0.758 bits per heavy atom. The normalized spacial score (nSPS) is 23.2. The second-order valence-corrected chi connectivity index (χ2v) is 10.3. The van der Waals surface area contributed by atoms with Crippen LogP contribution in [0.1, 0.15) is 116 Å². The van der Waals surface area contributed by atoms with Gasteiger partial charge in [0.2, 0.25) is 5.91 Å². The van der Waals surface area contributed by atoms with Crippen LogP contribution in [0.2, 0.25) is 0 Å². The Kier molecular flexibility index (Phi) is 13.8. The minimum absolute atomic E-state index is 0.0465. The van der Waals surface area contributed by atoms with E-state index in [-0.39, 0.29) is 23.7 Å². The van der Waals surface area contributed by atoms with Crippen molar-refractivity contribution in [3.63, 3.8) is 0 Å². The number of hydrogen-bond acceptors (Lipinski definition) is 4. The molecule has 2 aliphatic rings. The summed E-state index contributed by atoms with van der Waals surface area (Å²) >= 11 is 0. The van der Waals surface area contributed by atoms with E-state index in [1.54, 1.807) is 0 Å². The lowest BCUT2D eigenvalue weighted by molar-refractivity contribution is -0.171. The maximum absolute atomic E-state index is 12.6. The van der Waals surface area contributed by atoms with Crippen LogP contribution in [-0.2, 0) is 14.3 Å². The summed E-state index contributed by atoms with van der Waals surface area (Å²) in [6.07, 6.45) is 25.9. The number of ether oxygens (including phenoxy) is 1. The van der Waals surface area contributed by atoms with Gasteiger partial charge in [-0.3, -0.25) is 14.8 Å².